The van der Waals surface area contributed by atoms with Gasteiger partial charge in [0.1, 0.15) is 23.5 Å². The van der Waals surface area contributed by atoms with Crippen molar-refractivity contribution in [1.82, 2.24) is 4.90 Å². The molecule has 2 N–H and O–H groups in total. The molecule has 0 radical (unpaired) electrons. The molecule has 3 rings (SSSR count). The maximum absolute atomic E-state index is 12.0. The van der Waals surface area contributed by atoms with Crippen molar-refractivity contribution in [3.05, 3.63) is 35.4 Å². The molecular weight excluding hydrogens is 368 g/mol. The molecule has 1 atom stereocenters. The van der Waals surface area contributed by atoms with E-state index in [1.165, 1.54) is 0 Å². The Hall–Kier alpha value is -2.73. The van der Waals surface area contributed by atoms with Gasteiger partial charge in [-0.3, -0.25) is 0 Å². The van der Waals surface area contributed by atoms with Crippen molar-refractivity contribution in [2.75, 3.05) is 46.2 Å². The van der Waals surface area contributed by atoms with Crippen LogP contribution in [-0.2, 0) is 4.79 Å². The van der Waals surface area contributed by atoms with Crippen LogP contribution in [0.3, 0.4) is 0 Å². The molecule has 0 saturated heterocycles. The van der Waals surface area contributed by atoms with Gasteiger partial charge in [-0.2, -0.15) is 0 Å². The molecule has 0 aromatic heterocycles. The van der Waals surface area contributed by atoms with Crippen LogP contribution in [0.4, 0.5) is 5.69 Å². The van der Waals surface area contributed by atoms with E-state index >= 15 is 0 Å². The van der Waals surface area contributed by atoms with Crippen LogP contribution in [0.25, 0.3) is 11.1 Å². The molecule has 0 bridgehead atoms. The number of nitrogen functional groups attached to an aromatic ring is 1. The molecule has 1 aliphatic carbocycles. The average molecular weight is 399 g/mol. The van der Waals surface area contributed by atoms with E-state index < -0.39 is 5.92 Å². The van der Waals surface area contributed by atoms with E-state index in [1.807, 2.05) is 18.2 Å². The number of hydrogen-bond donors (Lipinski definition) is 1. The van der Waals surface area contributed by atoms with Gasteiger partial charge >= 0.3 is 0 Å². The standard InChI is InChI=1S/C23H30N2O4/c1-5-25(6-2)11-8-12-29-17-10-7-9-15-16(14-26)21-22(20(15)17)18(27-3)13-19(28-4)23(21)24/h7,9-10,13-14,16H,5-6,8,11-12,24H2,1-4H3. The van der Waals surface area contributed by atoms with E-state index in [9.17, 15) is 4.79 Å². The van der Waals surface area contributed by atoms with Gasteiger partial charge in [0.2, 0.25) is 0 Å². The highest BCUT2D eigenvalue weighted by atomic mass is 16.5. The van der Waals surface area contributed by atoms with Crippen molar-refractivity contribution in [2.24, 2.45) is 0 Å². The molecule has 0 aliphatic heterocycles. The number of nitrogens with zero attached hydrogens (tertiary/aromatic N) is 1. The molecule has 6 nitrogen and oxygen atoms in total. The third-order valence-electron chi connectivity index (χ3n) is 5.63. The van der Waals surface area contributed by atoms with E-state index in [4.69, 9.17) is 19.9 Å². The van der Waals surface area contributed by atoms with E-state index in [2.05, 4.69) is 18.7 Å². The summed E-state index contributed by atoms with van der Waals surface area (Å²) in [6.45, 7) is 7.98. The smallest absolute Gasteiger partial charge is 0.145 e. The van der Waals surface area contributed by atoms with Crippen LogP contribution in [0.1, 0.15) is 37.3 Å². The molecule has 1 aliphatic rings. The predicted octanol–water partition coefficient (Wildman–Crippen LogP) is 3.71. The van der Waals surface area contributed by atoms with Crippen LogP contribution >= 0.6 is 0 Å². The number of aldehydes is 1. The molecule has 2 aromatic carbocycles. The third-order valence-corrected chi connectivity index (χ3v) is 5.63. The largest absolute Gasteiger partial charge is 0.496 e. The zero-order valence-corrected chi connectivity index (χ0v) is 17.7. The lowest BCUT2D eigenvalue weighted by Crippen LogP contribution is -2.25. The van der Waals surface area contributed by atoms with E-state index in [0.717, 1.165) is 60.3 Å². The van der Waals surface area contributed by atoms with Gasteiger partial charge < -0.3 is 29.6 Å². The van der Waals surface area contributed by atoms with Crippen LogP contribution < -0.4 is 19.9 Å². The molecule has 156 valence electrons. The first kappa shape index (κ1) is 21.0. The zero-order valence-electron chi connectivity index (χ0n) is 17.7. The van der Waals surface area contributed by atoms with Gasteiger partial charge in [0.25, 0.3) is 0 Å². The summed E-state index contributed by atoms with van der Waals surface area (Å²) in [5, 5.41) is 0. The lowest BCUT2D eigenvalue weighted by molar-refractivity contribution is -0.108. The summed E-state index contributed by atoms with van der Waals surface area (Å²) >= 11 is 0. The monoisotopic (exact) mass is 398 g/mol. The van der Waals surface area contributed by atoms with E-state index in [1.54, 1.807) is 20.3 Å². The Morgan fingerprint density at radius 3 is 2.41 bits per heavy atom. The number of carbonyl (C=O) groups is 1. The Kier molecular flexibility index (Phi) is 6.64. The number of rotatable bonds is 10. The first-order chi connectivity index (χ1) is 14.1. The molecule has 29 heavy (non-hydrogen) atoms. The van der Waals surface area contributed by atoms with Crippen molar-refractivity contribution >= 4 is 12.0 Å². The molecule has 1 unspecified atom stereocenters. The normalized spacial score (nSPS) is 14.4. The minimum absolute atomic E-state index is 0.462. The Labute approximate surface area is 172 Å². The molecule has 0 amide bonds. The van der Waals surface area contributed by atoms with E-state index in [-0.39, 0.29) is 0 Å². The van der Waals surface area contributed by atoms with Crippen LogP contribution in [0.15, 0.2) is 24.3 Å². The molecule has 2 aromatic rings. The fraction of sp³-hybridized carbons (Fsp3) is 0.435. The van der Waals surface area contributed by atoms with E-state index in [0.29, 0.717) is 23.8 Å². The Balaban J connectivity index is 1.99. The summed E-state index contributed by atoms with van der Waals surface area (Å²) in [6, 6.07) is 7.57. The minimum atomic E-state index is -0.469. The molecule has 0 saturated carbocycles. The molecule has 6 heteroatoms. The average Bonchev–Trinajstić information content (AvgIpc) is 3.10. The molecule has 0 fully saturated rings. The lowest BCUT2D eigenvalue weighted by atomic mass is 9.96. The van der Waals surface area contributed by atoms with Crippen molar-refractivity contribution in [2.45, 2.75) is 26.2 Å². The number of methoxy groups -OCH3 is 2. The lowest BCUT2D eigenvalue weighted by Gasteiger charge is -2.19. The molecular formula is C23H30N2O4. The second-order valence-electron chi connectivity index (χ2n) is 7.05. The summed E-state index contributed by atoms with van der Waals surface area (Å²) in [4.78, 5) is 14.4. The second-order valence-corrected chi connectivity index (χ2v) is 7.05. The summed E-state index contributed by atoms with van der Waals surface area (Å²) in [5.74, 6) is 1.40. The highest BCUT2D eigenvalue weighted by molar-refractivity contribution is 5.98. The van der Waals surface area contributed by atoms with Crippen molar-refractivity contribution in [1.29, 1.82) is 0 Å². The zero-order chi connectivity index (χ0) is 21.0. The maximum Gasteiger partial charge on any atom is 0.145 e. The number of carbonyl (C=O) groups excluding carboxylic acids is 1. The molecule has 0 heterocycles. The SMILES string of the molecule is CCN(CC)CCCOc1cccc2c1-c1c(OC)cc(OC)c(N)c1C2C=O. The van der Waals surface area contributed by atoms with Gasteiger partial charge in [0.15, 0.2) is 0 Å². The van der Waals surface area contributed by atoms with Gasteiger partial charge in [-0.05, 0) is 31.1 Å². The highest BCUT2D eigenvalue weighted by Crippen LogP contribution is 2.56. The van der Waals surface area contributed by atoms with Crippen molar-refractivity contribution in [3.63, 3.8) is 0 Å². The number of benzene rings is 2. The van der Waals surface area contributed by atoms with Crippen LogP contribution in [-0.4, -0.2) is 51.6 Å². The first-order valence-corrected chi connectivity index (χ1v) is 10.1. The minimum Gasteiger partial charge on any atom is -0.496 e. The number of ether oxygens (including phenoxy) is 3. The van der Waals surface area contributed by atoms with Gasteiger partial charge in [-0.15, -0.1) is 0 Å². The summed E-state index contributed by atoms with van der Waals surface area (Å²) in [7, 11) is 3.16. The van der Waals surface area contributed by atoms with Crippen LogP contribution in [0.5, 0.6) is 17.2 Å². The summed E-state index contributed by atoms with van der Waals surface area (Å²) in [6.07, 6.45) is 1.85. The second kappa shape index (κ2) is 9.18. The first-order valence-electron chi connectivity index (χ1n) is 10.1. The van der Waals surface area contributed by atoms with Crippen LogP contribution in [0, 0.1) is 0 Å². The quantitative estimate of drug-likeness (QED) is 0.374. The summed E-state index contributed by atoms with van der Waals surface area (Å²) in [5.41, 5.74) is 10.1. The third kappa shape index (κ3) is 3.77. The van der Waals surface area contributed by atoms with Gasteiger partial charge in [0, 0.05) is 29.3 Å². The maximum atomic E-state index is 12.0. The topological polar surface area (TPSA) is 74.0 Å². The number of nitrogens with two attached hydrogens (primary N) is 1. The molecule has 0 spiro atoms. The van der Waals surface area contributed by atoms with Crippen molar-refractivity contribution in [3.8, 4) is 28.4 Å². The number of hydrogen-bond acceptors (Lipinski definition) is 6. The van der Waals surface area contributed by atoms with Gasteiger partial charge in [-0.1, -0.05) is 26.0 Å². The van der Waals surface area contributed by atoms with Crippen molar-refractivity contribution < 1.29 is 19.0 Å². The summed E-state index contributed by atoms with van der Waals surface area (Å²) < 4.78 is 17.2. The number of fused-ring (bicyclic) bond motifs is 3. The highest BCUT2D eigenvalue weighted by Gasteiger charge is 2.36. The van der Waals surface area contributed by atoms with Gasteiger partial charge in [-0.25, -0.2) is 0 Å². The Morgan fingerprint density at radius 2 is 1.79 bits per heavy atom. The van der Waals surface area contributed by atoms with Gasteiger partial charge in [0.05, 0.1) is 32.4 Å². The fourth-order valence-corrected chi connectivity index (χ4v) is 4.08. The number of anilines is 1. The Bertz CT molecular complexity index is 878. The van der Waals surface area contributed by atoms with Crippen LogP contribution in [0.2, 0.25) is 0 Å². The predicted molar refractivity (Wildman–Crippen MR) is 115 cm³/mol. The Morgan fingerprint density at radius 1 is 1.07 bits per heavy atom. The fourth-order valence-electron chi connectivity index (χ4n) is 4.08.